The van der Waals surface area contributed by atoms with Gasteiger partial charge in [0.2, 0.25) is 0 Å². The van der Waals surface area contributed by atoms with Crippen LogP contribution in [0.15, 0.2) is 33.5 Å². The maximum Gasteiger partial charge on any atom is 0.326 e. The highest BCUT2D eigenvalue weighted by Crippen LogP contribution is 2.36. The monoisotopic (exact) mass is 585 g/mol. The van der Waals surface area contributed by atoms with Crippen LogP contribution in [0.5, 0.6) is 11.5 Å². The lowest BCUT2D eigenvalue weighted by Crippen LogP contribution is -2.47. The third-order valence-corrected chi connectivity index (χ3v) is 10.6. The number of thiazole rings is 1. The fourth-order valence-electron chi connectivity index (χ4n) is 4.34. The summed E-state index contributed by atoms with van der Waals surface area (Å²) in [5.74, 6) is 0.0290. The molecule has 3 aromatic rings. The van der Waals surface area contributed by atoms with Crippen molar-refractivity contribution < 1.29 is 32.2 Å². The third-order valence-electron chi connectivity index (χ3n) is 6.00. The summed E-state index contributed by atoms with van der Waals surface area (Å²) < 4.78 is 47.1. The number of aromatic nitrogens is 1. The van der Waals surface area contributed by atoms with Crippen molar-refractivity contribution in [3.63, 3.8) is 0 Å². The Morgan fingerprint density at radius 1 is 1.16 bits per heavy atom. The highest BCUT2D eigenvalue weighted by molar-refractivity contribution is 7.91. The maximum absolute atomic E-state index is 13.5. The summed E-state index contributed by atoms with van der Waals surface area (Å²) in [7, 11) is -3.92. The Balaban J connectivity index is 1.56. The highest BCUT2D eigenvalue weighted by Gasteiger charge is 2.38. The molecule has 1 unspecified atom stereocenters. The highest BCUT2D eigenvalue weighted by atomic mass is 35.5. The number of hydrogen-bond donors (Lipinski definition) is 0. The number of carbonyl (C=O) groups is 2. The lowest BCUT2D eigenvalue weighted by Gasteiger charge is -2.31. The standard InChI is InChI=1S/C23H24ClN3O7S3/c1-2-32-20(28)13-26-15-11-16-17(34-10-9-33-16)12-18(15)35-23(26)25-22(29)14-5-3-4-8-27(14)37(30,31)21-7-6-19(24)36-21/h6-7,11-12,14H,2-5,8-10,13H2,1H3. The fourth-order valence-corrected chi connectivity index (χ4v) is 8.65. The molecule has 0 aliphatic carbocycles. The first-order valence-electron chi connectivity index (χ1n) is 11.7. The zero-order chi connectivity index (χ0) is 26.2. The number of benzene rings is 1. The Hall–Kier alpha value is -2.45. The molecule has 198 valence electrons. The van der Waals surface area contributed by atoms with Crippen molar-refractivity contribution in [2.45, 2.75) is 43.0 Å². The molecule has 1 amide bonds. The Bertz CT molecular complexity index is 1530. The molecule has 0 N–H and O–H groups in total. The second-order valence-electron chi connectivity index (χ2n) is 8.38. The van der Waals surface area contributed by atoms with Crippen LogP contribution in [0.3, 0.4) is 0 Å². The number of fused-ring (bicyclic) bond motifs is 2. The van der Waals surface area contributed by atoms with Gasteiger partial charge in [-0.25, -0.2) is 8.42 Å². The molecule has 2 aliphatic heterocycles. The molecule has 0 bridgehead atoms. The molecular formula is C23H24ClN3O7S3. The minimum absolute atomic E-state index is 0.0852. The summed E-state index contributed by atoms with van der Waals surface area (Å²) in [6.07, 6.45) is 1.68. The van der Waals surface area contributed by atoms with Crippen LogP contribution in [-0.4, -0.2) is 61.6 Å². The topological polar surface area (TPSA) is 116 Å². The lowest BCUT2D eigenvalue weighted by molar-refractivity contribution is -0.143. The molecule has 10 nitrogen and oxygen atoms in total. The van der Waals surface area contributed by atoms with E-state index in [1.807, 2.05) is 0 Å². The van der Waals surface area contributed by atoms with Crippen LogP contribution in [0.25, 0.3) is 10.2 Å². The Morgan fingerprint density at radius 2 is 1.92 bits per heavy atom. The van der Waals surface area contributed by atoms with E-state index in [9.17, 15) is 18.0 Å². The zero-order valence-electron chi connectivity index (χ0n) is 19.8. The number of sulfonamides is 1. The smallest absolute Gasteiger partial charge is 0.326 e. The predicted molar refractivity (Wildman–Crippen MR) is 139 cm³/mol. The van der Waals surface area contributed by atoms with Crippen molar-refractivity contribution in [1.82, 2.24) is 8.87 Å². The normalized spacial score (nSPS) is 18.8. The summed E-state index contributed by atoms with van der Waals surface area (Å²) >= 11 is 8.13. The van der Waals surface area contributed by atoms with Gasteiger partial charge in [0.05, 0.1) is 21.2 Å². The van der Waals surface area contributed by atoms with Crippen molar-refractivity contribution in [2.24, 2.45) is 4.99 Å². The Morgan fingerprint density at radius 3 is 2.62 bits per heavy atom. The number of amides is 1. The van der Waals surface area contributed by atoms with Crippen molar-refractivity contribution in [3.8, 4) is 11.5 Å². The largest absolute Gasteiger partial charge is 0.486 e. The summed E-state index contributed by atoms with van der Waals surface area (Å²) in [5.41, 5.74) is 0.634. The lowest BCUT2D eigenvalue weighted by atomic mass is 10.0. The van der Waals surface area contributed by atoms with Gasteiger partial charge in [0.25, 0.3) is 15.9 Å². The van der Waals surface area contributed by atoms with E-state index in [4.69, 9.17) is 25.8 Å². The van der Waals surface area contributed by atoms with Gasteiger partial charge in [0.1, 0.15) is 30.0 Å². The van der Waals surface area contributed by atoms with E-state index in [-0.39, 0.29) is 28.7 Å². The molecule has 0 radical (unpaired) electrons. The number of piperidine rings is 1. The van der Waals surface area contributed by atoms with Gasteiger partial charge >= 0.3 is 5.97 Å². The SMILES string of the molecule is CCOC(=O)Cn1c(=NC(=O)C2CCCCN2S(=O)(=O)c2ccc(Cl)s2)sc2cc3c(cc21)OCCO3. The molecule has 2 aromatic heterocycles. The number of halogens is 1. The number of carbonyl (C=O) groups excluding carboxylic acids is 2. The average molecular weight is 586 g/mol. The Labute approximate surface area is 226 Å². The second-order valence-corrected chi connectivity index (χ2v) is 13.2. The van der Waals surface area contributed by atoms with Gasteiger partial charge < -0.3 is 18.8 Å². The molecule has 1 fully saturated rings. The first-order chi connectivity index (χ1) is 17.8. The summed E-state index contributed by atoms with van der Waals surface area (Å²) in [6.45, 7) is 2.78. The van der Waals surface area contributed by atoms with Crippen molar-refractivity contribution in [3.05, 3.63) is 33.4 Å². The minimum atomic E-state index is -3.92. The molecule has 37 heavy (non-hydrogen) atoms. The van der Waals surface area contributed by atoms with Gasteiger partial charge in [-0.15, -0.1) is 11.3 Å². The van der Waals surface area contributed by atoms with Gasteiger partial charge in [0, 0.05) is 18.7 Å². The molecule has 2 aliphatic rings. The molecular weight excluding hydrogens is 562 g/mol. The van der Waals surface area contributed by atoms with Crippen LogP contribution in [0, 0.1) is 0 Å². The number of hydrogen-bond acceptors (Lipinski definition) is 9. The average Bonchev–Trinajstić information content (AvgIpc) is 3.46. The number of nitrogens with zero attached hydrogens (tertiary/aromatic N) is 3. The van der Waals surface area contributed by atoms with Crippen molar-refractivity contribution >= 4 is 66.4 Å². The summed E-state index contributed by atoms with van der Waals surface area (Å²) in [6, 6.07) is 5.55. The van der Waals surface area contributed by atoms with Crippen LogP contribution in [0.2, 0.25) is 4.34 Å². The molecule has 14 heteroatoms. The molecule has 5 rings (SSSR count). The summed E-state index contributed by atoms with van der Waals surface area (Å²) in [4.78, 5) is 30.5. The van der Waals surface area contributed by atoms with Crippen LogP contribution >= 0.6 is 34.3 Å². The van der Waals surface area contributed by atoms with Gasteiger partial charge in [-0.05, 0) is 31.9 Å². The number of ether oxygens (including phenoxy) is 3. The zero-order valence-corrected chi connectivity index (χ0v) is 23.1. The van der Waals surface area contributed by atoms with Crippen molar-refractivity contribution in [2.75, 3.05) is 26.4 Å². The molecule has 1 saturated heterocycles. The fraction of sp³-hybridized carbons (Fsp3) is 0.435. The number of thiophene rings is 1. The first-order valence-corrected chi connectivity index (χ1v) is 15.2. The quantitative estimate of drug-likeness (QED) is 0.407. The van der Waals surface area contributed by atoms with E-state index in [1.54, 1.807) is 23.6 Å². The van der Waals surface area contributed by atoms with E-state index < -0.39 is 27.9 Å². The Kier molecular flexibility index (Phi) is 7.59. The van der Waals surface area contributed by atoms with E-state index in [0.29, 0.717) is 53.8 Å². The molecule has 1 aromatic carbocycles. The van der Waals surface area contributed by atoms with E-state index >= 15 is 0 Å². The van der Waals surface area contributed by atoms with Crippen molar-refractivity contribution in [1.29, 1.82) is 0 Å². The molecule has 0 spiro atoms. The van der Waals surface area contributed by atoms with Gasteiger partial charge in [-0.1, -0.05) is 29.4 Å². The predicted octanol–water partition coefficient (Wildman–Crippen LogP) is 3.42. The van der Waals surface area contributed by atoms with E-state index in [0.717, 1.165) is 16.0 Å². The van der Waals surface area contributed by atoms with Gasteiger partial charge in [-0.2, -0.15) is 9.30 Å². The molecule has 1 atom stereocenters. The van der Waals surface area contributed by atoms with Gasteiger partial charge in [0.15, 0.2) is 16.3 Å². The summed E-state index contributed by atoms with van der Waals surface area (Å²) in [5, 5.41) is 0. The van der Waals surface area contributed by atoms with Crippen LogP contribution in [-0.2, 0) is 30.9 Å². The van der Waals surface area contributed by atoms with Crippen LogP contribution in [0.4, 0.5) is 0 Å². The first kappa shape index (κ1) is 26.2. The molecule has 0 saturated carbocycles. The van der Waals surface area contributed by atoms with Crippen LogP contribution < -0.4 is 14.3 Å². The third kappa shape index (κ3) is 5.28. The molecule has 4 heterocycles. The van der Waals surface area contributed by atoms with Crippen LogP contribution in [0.1, 0.15) is 26.2 Å². The van der Waals surface area contributed by atoms with E-state index in [1.165, 1.54) is 27.8 Å². The van der Waals surface area contributed by atoms with E-state index in [2.05, 4.69) is 4.99 Å². The maximum atomic E-state index is 13.5. The minimum Gasteiger partial charge on any atom is -0.486 e. The van der Waals surface area contributed by atoms with Gasteiger partial charge in [-0.3, -0.25) is 9.59 Å². The second kappa shape index (κ2) is 10.7. The number of esters is 1. The number of rotatable bonds is 6.